The summed E-state index contributed by atoms with van der Waals surface area (Å²) in [5.74, 6) is -0.883. The van der Waals surface area contributed by atoms with E-state index in [0.717, 1.165) is 0 Å². The Morgan fingerprint density at radius 2 is 2.36 bits per heavy atom. The summed E-state index contributed by atoms with van der Waals surface area (Å²) in [7, 11) is 1.76. The molecule has 0 spiro atoms. The van der Waals surface area contributed by atoms with Crippen LogP contribution in [-0.2, 0) is 17.3 Å². The number of carboxylic acids is 1. The molecule has 0 atom stereocenters. The number of aromatic nitrogens is 2. The number of carboxylic acid groups (broad SMARTS) is 1. The first-order valence-electron chi connectivity index (χ1n) is 4.44. The van der Waals surface area contributed by atoms with Crippen LogP contribution in [0.2, 0.25) is 0 Å². The quantitative estimate of drug-likeness (QED) is 0.692. The third kappa shape index (κ3) is 1.05. The molecule has 1 aromatic rings. The largest absolute Gasteiger partial charge is 0.481 e. The number of carbonyl (C=O) groups is 1. The number of hydrogen-bond acceptors (Lipinski definition) is 3. The number of aryl methyl sites for hydroxylation is 1. The molecule has 0 aromatic carbocycles. The van der Waals surface area contributed by atoms with Crippen molar-refractivity contribution in [3.05, 3.63) is 18.2 Å². The Morgan fingerprint density at radius 3 is 2.71 bits per heavy atom. The van der Waals surface area contributed by atoms with E-state index in [4.69, 9.17) is 5.11 Å². The second kappa shape index (κ2) is 2.81. The lowest BCUT2D eigenvalue weighted by Gasteiger charge is -2.41. The first-order chi connectivity index (χ1) is 6.56. The number of imidazole rings is 1. The molecular formula is C9H12N2O3. The molecule has 0 amide bonds. The zero-order valence-electron chi connectivity index (χ0n) is 7.84. The Bertz CT molecular complexity index is 366. The molecule has 5 nitrogen and oxygen atoms in total. The normalized spacial score (nSPS) is 31.1. The highest BCUT2D eigenvalue weighted by atomic mass is 16.4. The lowest BCUT2D eigenvalue weighted by molar-refractivity contribution is -0.153. The van der Waals surface area contributed by atoms with E-state index in [2.05, 4.69) is 4.98 Å². The molecule has 0 bridgehead atoms. The highest BCUT2D eigenvalue weighted by Crippen LogP contribution is 2.43. The van der Waals surface area contributed by atoms with Crippen molar-refractivity contribution >= 4 is 5.97 Å². The van der Waals surface area contributed by atoms with Crippen LogP contribution in [0.25, 0.3) is 0 Å². The first kappa shape index (κ1) is 9.21. The van der Waals surface area contributed by atoms with E-state index in [1.54, 1.807) is 24.1 Å². The van der Waals surface area contributed by atoms with Crippen molar-refractivity contribution < 1.29 is 15.0 Å². The Morgan fingerprint density at radius 1 is 1.71 bits per heavy atom. The molecule has 5 heteroatoms. The number of aliphatic carboxylic acids is 1. The minimum absolute atomic E-state index is 0.280. The summed E-state index contributed by atoms with van der Waals surface area (Å²) in [4.78, 5) is 15.0. The van der Waals surface area contributed by atoms with Gasteiger partial charge in [0, 0.05) is 13.2 Å². The van der Waals surface area contributed by atoms with E-state index in [9.17, 15) is 9.90 Å². The fourth-order valence-corrected chi connectivity index (χ4v) is 2.06. The molecule has 1 saturated carbocycles. The van der Waals surface area contributed by atoms with Crippen molar-refractivity contribution in [3.63, 3.8) is 0 Å². The van der Waals surface area contributed by atoms with Crippen LogP contribution < -0.4 is 0 Å². The van der Waals surface area contributed by atoms with E-state index >= 15 is 0 Å². The summed E-state index contributed by atoms with van der Waals surface area (Å²) in [6.45, 7) is 0. The van der Waals surface area contributed by atoms with Gasteiger partial charge in [-0.05, 0) is 12.8 Å². The smallest absolute Gasteiger partial charge is 0.315 e. The lowest BCUT2D eigenvalue weighted by Crippen LogP contribution is -2.51. The SMILES string of the molecule is Cn1cncc1C1(C(=O)O)CC(O)C1. The van der Waals surface area contributed by atoms with Gasteiger partial charge in [-0.25, -0.2) is 4.98 Å². The van der Waals surface area contributed by atoms with Crippen LogP contribution in [0.3, 0.4) is 0 Å². The molecule has 1 heterocycles. The fourth-order valence-electron chi connectivity index (χ4n) is 2.06. The molecule has 1 aromatic heterocycles. The van der Waals surface area contributed by atoms with Gasteiger partial charge in [-0.1, -0.05) is 0 Å². The molecule has 0 saturated heterocycles. The summed E-state index contributed by atoms with van der Waals surface area (Å²) in [6, 6.07) is 0. The Balaban J connectivity index is 2.39. The maximum Gasteiger partial charge on any atom is 0.315 e. The summed E-state index contributed by atoms with van der Waals surface area (Å²) < 4.78 is 1.69. The van der Waals surface area contributed by atoms with Crippen molar-refractivity contribution in [2.75, 3.05) is 0 Å². The number of hydrogen-bond donors (Lipinski definition) is 2. The Kier molecular flexibility index (Phi) is 1.85. The van der Waals surface area contributed by atoms with Gasteiger partial charge in [-0.2, -0.15) is 0 Å². The van der Waals surface area contributed by atoms with Gasteiger partial charge in [-0.15, -0.1) is 0 Å². The lowest BCUT2D eigenvalue weighted by atomic mass is 9.65. The monoisotopic (exact) mass is 196 g/mol. The Labute approximate surface area is 81.0 Å². The van der Waals surface area contributed by atoms with Crippen molar-refractivity contribution in [2.45, 2.75) is 24.4 Å². The predicted octanol–water partition coefficient (Wildman–Crippen LogP) is -0.103. The number of aliphatic hydroxyl groups excluding tert-OH is 1. The van der Waals surface area contributed by atoms with Gasteiger partial charge in [0.15, 0.2) is 0 Å². The van der Waals surface area contributed by atoms with Crippen molar-refractivity contribution in [3.8, 4) is 0 Å². The highest BCUT2D eigenvalue weighted by molar-refractivity contribution is 5.82. The molecule has 2 rings (SSSR count). The molecule has 76 valence electrons. The zero-order valence-corrected chi connectivity index (χ0v) is 7.84. The molecule has 0 aliphatic heterocycles. The minimum atomic E-state index is -0.926. The number of rotatable bonds is 2. The van der Waals surface area contributed by atoms with Crippen molar-refractivity contribution in [1.82, 2.24) is 9.55 Å². The van der Waals surface area contributed by atoms with Crippen LogP contribution >= 0.6 is 0 Å². The first-order valence-corrected chi connectivity index (χ1v) is 4.44. The van der Waals surface area contributed by atoms with Crippen LogP contribution in [0.5, 0.6) is 0 Å². The fraction of sp³-hybridized carbons (Fsp3) is 0.556. The van der Waals surface area contributed by atoms with Crippen LogP contribution in [0.15, 0.2) is 12.5 Å². The molecule has 14 heavy (non-hydrogen) atoms. The number of nitrogens with zero attached hydrogens (tertiary/aromatic N) is 2. The highest BCUT2D eigenvalue weighted by Gasteiger charge is 2.52. The van der Waals surface area contributed by atoms with Crippen LogP contribution in [0.1, 0.15) is 18.5 Å². The van der Waals surface area contributed by atoms with Gasteiger partial charge in [-0.3, -0.25) is 4.79 Å². The Hall–Kier alpha value is -1.36. The molecule has 0 radical (unpaired) electrons. The zero-order chi connectivity index (χ0) is 10.3. The summed E-state index contributed by atoms with van der Waals surface area (Å²) in [5.41, 5.74) is -0.264. The van der Waals surface area contributed by atoms with Gasteiger partial charge in [0.05, 0.1) is 18.1 Å². The van der Waals surface area contributed by atoms with Crippen LogP contribution in [0.4, 0.5) is 0 Å². The van der Waals surface area contributed by atoms with Crippen molar-refractivity contribution in [1.29, 1.82) is 0 Å². The van der Waals surface area contributed by atoms with E-state index in [1.165, 1.54) is 0 Å². The average molecular weight is 196 g/mol. The van der Waals surface area contributed by atoms with E-state index in [0.29, 0.717) is 5.69 Å². The van der Waals surface area contributed by atoms with Gasteiger partial charge in [0.1, 0.15) is 5.41 Å². The second-order valence-electron chi connectivity index (χ2n) is 3.84. The second-order valence-corrected chi connectivity index (χ2v) is 3.84. The molecular weight excluding hydrogens is 184 g/mol. The van der Waals surface area contributed by atoms with E-state index < -0.39 is 17.5 Å². The maximum atomic E-state index is 11.1. The minimum Gasteiger partial charge on any atom is -0.481 e. The third-order valence-corrected chi connectivity index (χ3v) is 2.88. The van der Waals surface area contributed by atoms with Gasteiger partial charge < -0.3 is 14.8 Å². The van der Waals surface area contributed by atoms with E-state index in [1.807, 2.05) is 0 Å². The molecule has 1 fully saturated rings. The van der Waals surface area contributed by atoms with Gasteiger partial charge >= 0.3 is 5.97 Å². The predicted molar refractivity (Wildman–Crippen MR) is 47.8 cm³/mol. The molecule has 1 aliphatic rings. The number of aliphatic hydroxyl groups is 1. The summed E-state index contributed by atoms with van der Waals surface area (Å²) in [5, 5.41) is 18.4. The van der Waals surface area contributed by atoms with Crippen molar-refractivity contribution in [2.24, 2.45) is 7.05 Å². The summed E-state index contributed by atoms with van der Waals surface area (Å²) in [6.07, 6.45) is 3.19. The van der Waals surface area contributed by atoms with Gasteiger partial charge in [0.25, 0.3) is 0 Å². The topological polar surface area (TPSA) is 75.4 Å². The standard InChI is InChI=1S/C9H12N2O3/c1-11-5-10-4-7(11)9(8(13)14)2-6(12)3-9/h4-6,12H,2-3H2,1H3,(H,13,14). The molecule has 0 unspecified atom stereocenters. The van der Waals surface area contributed by atoms with Gasteiger partial charge in [0.2, 0.25) is 0 Å². The molecule has 2 N–H and O–H groups in total. The molecule has 1 aliphatic carbocycles. The van der Waals surface area contributed by atoms with Crippen LogP contribution in [0, 0.1) is 0 Å². The average Bonchev–Trinajstić information content (AvgIpc) is 2.45. The van der Waals surface area contributed by atoms with E-state index in [-0.39, 0.29) is 12.8 Å². The van der Waals surface area contributed by atoms with Crippen LogP contribution in [-0.4, -0.2) is 31.8 Å². The maximum absolute atomic E-state index is 11.1. The summed E-state index contributed by atoms with van der Waals surface area (Å²) >= 11 is 0. The third-order valence-electron chi connectivity index (χ3n) is 2.88.